The van der Waals surface area contributed by atoms with Crippen LogP contribution in [0.3, 0.4) is 0 Å². The lowest BCUT2D eigenvalue weighted by Gasteiger charge is -2.28. The van der Waals surface area contributed by atoms with Crippen LogP contribution in [0.2, 0.25) is 0 Å². The highest BCUT2D eigenvalue weighted by Crippen LogP contribution is 2.57. The molecule has 42 heavy (non-hydrogen) atoms. The van der Waals surface area contributed by atoms with Crippen LogP contribution in [0.25, 0.3) is 0 Å². The normalized spacial score (nSPS) is 11.5. The molecular formula is C40H68IP. The minimum absolute atomic E-state index is 0. The van der Waals surface area contributed by atoms with Gasteiger partial charge in [0.1, 0.15) is 0 Å². The summed E-state index contributed by atoms with van der Waals surface area (Å²) < 4.78 is 0. The maximum atomic E-state index is 2.46. The lowest BCUT2D eigenvalue weighted by atomic mass is 10.1. The van der Waals surface area contributed by atoms with Crippen molar-refractivity contribution in [1.29, 1.82) is 0 Å². The van der Waals surface area contributed by atoms with Crippen molar-refractivity contribution < 1.29 is 24.0 Å². The van der Waals surface area contributed by atoms with E-state index in [0.717, 1.165) is 0 Å². The molecule has 0 heterocycles. The van der Waals surface area contributed by atoms with Gasteiger partial charge in [-0.05, 0) is 49.9 Å². The predicted octanol–water partition coefficient (Wildman–Crippen LogP) is 10.1. The van der Waals surface area contributed by atoms with Gasteiger partial charge in [0.05, 0.1) is 30.2 Å². The van der Waals surface area contributed by atoms with Crippen LogP contribution in [-0.4, -0.2) is 12.3 Å². The molecule has 2 aromatic carbocycles. The number of hydrogen-bond acceptors (Lipinski definition) is 0. The van der Waals surface area contributed by atoms with E-state index in [4.69, 9.17) is 0 Å². The van der Waals surface area contributed by atoms with Crippen LogP contribution in [0.5, 0.6) is 0 Å². The van der Waals surface area contributed by atoms with Gasteiger partial charge < -0.3 is 24.0 Å². The second kappa shape index (κ2) is 28.1. The molecule has 2 rings (SSSR count). The van der Waals surface area contributed by atoms with Gasteiger partial charge in [0.2, 0.25) is 0 Å². The summed E-state index contributed by atoms with van der Waals surface area (Å²) in [7, 11) is -1.36. The zero-order valence-electron chi connectivity index (χ0n) is 28.0. The van der Waals surface area contributed by atoms with Gasteiger partial charge in [-0.2, -0.15) is 0 Å². The lowest BCUT2D eigenvalue weighted by molar-refractivity contribution is -0.00000876. The summed E-state index contributed by atoms with van der Waals surface area (Å²) in [5, 5.41) is 3.30. The molecule has 0 nitrogen and oxygen atoms in total. The highest BCUT2D eigenvalue weighted by Gasteiger charge is 2.41. The Bertz CT molecular complexity index is 735. The van der Waals surface area contributed by atoms with Gasteiger partial charge in [0.15, 0.2) is 0 Å². The molecule has 0 spiro atoms. The first kappa shape index (κ1) is 39.6. The Morgan fingerprint density at radius 1 is 0.333 bits per heavy atom. The third-order valence-corrected chi connectivity index (χ3v) is 14.0. The maximum Gasteiger partial charge on any atom is 0.0991 e. The van der Waals surface area contributed by atoms with Gasteiger partial charge in [-0.1, -0.05) is 179 Å². The van der Waals surface area contributed by atoms with Crippen molar-refractivity contribution in [1.82, 2.24) is 0 Å². The van der Waals surface area contributed by atoms with Crippen LogP contribution < -0.4 is 34.6 Å². The van der Waals surface area contributed by atoms with Crippen molar-refractivity contribution in [3.05, 3.63) is 60.7 Å². The number of hydrogen-bond donors (Lipinski definition) is 0. The van der Waals surface area contributed by atoms with Gasteiger partial charge in [-0.25, -0.2) is 0 Å². The molecule has 0 aliphatic rings. The summed E-state index contributed by atoms with van der Waals surface area (Å²) in [5.41, 5.74) is 0. The van der Waals surface area contributed by atoms with Crippen LogP contribution in [-0.2, 0) is 0 Å². The molecule has 0 atom stereocenters. The summed E-state index contributed by atoms with van der Waals surface area (Å²) in [6, 6.07) is 23.4. The molecule has 0 radical (unpaired) electrons. The van der Waals surface area contributed by atoms with Crippen molar-refractivity contribution in [2.45, 2.75) is 168 Å². The molecule has 0 saturated heterocycles. The van der Waals surface area contributed by atoms with E-state index in [2.05, 4.69) is 74.5 Å². The minimum atomic E-state index is -1.36. The molecule has 2 aromatic rings. The van der Waals surface area contributed by atoms with Crippen molar-refractivity contribution in [3.8, 4) is 0 Å². The van der Waals surface area contributed by atoms with Crippen LogP contribution in [0.15, 0.2) is 60.7 Å². The monoisotopic (exact) mass is 706 g/mol. The van der Waals surface area contributed by atoms with E-state index in [-0.39, 0.29) is 24.0 Å². The van der Waals surface area contributed by atoms with Gasteiger partial charge in [-0.15, -0.1) is 0 Å². The molecule has 0 N–H and O–H groups in total. The average molecular weight is 707 g/mol. The van der Waals surface area contributed by atoms with E-state index in [0.29, 0.717) is 0 Å². The van der Waals surface area contributed by atoms with E-state index in [1.165, 1.54) is 166 Å². The average Bonchev–Trinajstić information content (AvgIpc) is 3.02. The Balaban J connectivity index is 0.00000882. The molecule has 0 aromatic heterocycles. The molecule has 240 valence electrons. The molecule has 0 fully saturated rings. The Morgan fingerprint density at radius 2 is 0.571 bits per heavy atom. The third kappa shape index (κ3) is 17.8. The number of unbranched alkanes of at least 4 members (excludes halogenated alkanes) is 22. The topological polar surface area (TPSA) is 0 Å². The van der Waals surface area contributed by atoms with Crippen molar-refractivity contribution in [2.24, 2.45) is 0 Å². The van der Waals surface area contributed by atoms with Crippen LogP contribution in [0.4, 0.5) is 0 Å². The molecule has 0 bridgehead atoms. The highest BCUT2D eigenvalue weighted by atomic mass is 127. The standard InChI is InChI=1S/C40H68P.HI/c1-3-5-7-9-11-13-15-17-19-21-23-31-37-41(39-33-27-25-28-34-39,40-35-29-26-30-36-40)38-32-24-22-20-18-16-14-12-10-8-6-4-2;/h25-30,33-36H,3-24,31-32,37-38H2,1-2H3;1H/q+1;/p-1. The fraction of sp³-hybridized carbons (Fsp3) is 0.700. The number of halogens is 1. The fourth-order valence-electron chi connectivity index (χ4n) is 6.65. The maximum absolute atomic E-state index is 2.46. The molecule has 0 amide bonds. The first-order valence-corrected chi connectivity index (χ1v) is 20.5. The molecular weight excluding hydrogens is 638 g/mol. The van der Waals surface area contributed by atoms with Crippen LogP contribution in [0.1, 0.15) is 168 Å². The van der Waals surface area contributed by atoms with Crippen LogP contribution in [0, 0.1) is 0 Å². The lowest BCUT2D eigenvalue weighted by Crippen LogP contribution is -3.00. The molecule has 2 heteroatoms. The van der Waals surface area contributed by atoms with E-state index in [9.17, 15) is 0 Å². The Morgan fingerprint density at radius 3 is 0.833 bits per heavy atom. The number of rotatable bonds is 28. The van der Waals surface area contributed by atoms with Gasteiger partial charge >= 0.3 is 0 Å². The van der Waals surface area contributed by atoms with Crippen molar-refractivity contribution in [2.75, 3.05) is 12.3 Å². The van der Waals surface area contributed by atoms with Gasteiger partial charge in [0, 0.05) is 0 Å². The summed E-state index contributed by atoms with van der Waals surface area (Å²) in [6.45, 7) is 4.62. The Hall–Kier alpha value is -0.400. The van der Waals surface area contributed by atoms with Gasteiger partial charge in [0.25, 0.3) is 0 Å². The van der Waals surface area contributed by atoms with Crippen molar-refractivity contribution in [3.63, 3.8) is 0 Å². The second-order valence-electron chi connectivity index (χ2n) is 12.9. The predicted molar refractivity (Wildman–Crippen MR) is 191 cm³/mol. The van der Waals surface area contributed by atoms with Crippen LogP contribution >= 0.6 is 7.26 Å². The van der Waals surface area contributed by atoms with E-state index in [1.807, 2.05) is 0 Å². The fourth-order valence-corrected chi connectivity index (χ4v) is 11.2. The molecule has 0 unspecified atom stereocenters. The zero-order chi connectivity index (χ0) is 29.1. The zero-order valence-corrected chi connectivity index (χ0v) is 31.0. The van der Waals surface area contributed by atoms with E-state index < -0.39 is 7.26 Å². The minimum Gasteiger partial charge on any atom is -1.00 e. The molecule has 0 saturated carbocycles. The summed E-state index contributed by atoms with van der Waals surface area (Å²) in [6.07, 6.45) is 37.2. The Kier molecular flexibility index (Phi) is 26.5. The summed E-state index contributed by atoms with van der Waals surface area (Å²) in [5.74, 6) is 0. The summed E-state index contributed by atoms with van der Waals surface area (Å²) >= 11 is 0. The Labute approximate surface area is 281 Å². The molecule has 0 aliphatic heterocycles. The number of benzene rings is 2. The third-order valence-electron chi connectivity index (χ3n) is 9.29. The first-order chi connectivity index (χ1) is 20.3. The highest BCUT2D eigenvalue weighted by molar-refractivity contribution is 7.89. The van der Waals surface area contributed by atoms with Crippen molar-refractivity contribution >= 4 is 17.9 Å². The van der Waals surface area contributed by atoms with E-state index in [1.54, 1.807) is 10.6 Å². The molecule has 0 aliphatic carbocycles. The summed E-state index contributed by atoms with van der Waals surface area (Å²) in [4.78, 5) is 0. The van der Waals surface area contributed by atoms with E-state index >= 15 is 0 Å². The smallest absolute Gasteiger partial charge is 0.0991 e. The quantitative estimate of drug-likeness (QED) is 0.0470. The van der Waals surface area contributed by atoms with Gasteiger partial charge in [-0.3, -0.25) is 0 Å². The first-order valence-electron chi connectivity index (χ1n) is 18.3. The largest absolute Gasteiger partial charge is 1.00 e. The SMILES string of the molecule is CCCCCCCCCCCCCC[P+](CCCCCCCCCCCCCC)(c1ccccc1)c1ccccc1.[I-]. The second-order valence-corrected chi connectivity index (χ2v) is 16.7.